The Morgan fingerprint density at radius 3 is 2.82 bits per heavy atom. The van der Waals surface area contributed by atoms with Gasteiger partial charge in [0.15, 0.2) is 0 Å². The number of nitrogens with zero attached hydrogens (tertiary/aromatic N) is 1. The lowest BCUT2D eigenvalue weighted by atomic mass is 10.2. The average molecular weight is 157 g/mol. The van der Waals surface area contributed by atoms with Crippen LogP contribution in [0.2, 0.25) is 0 Å². The third-order valence-corrected chi connectivity index (χ3v) is 1.64. The number of carbonyl (C=O) groups excluding carboxylic acids is 1. The first kappa shape index (κ1) is 8.24. The number of carbonyl (C=O) groups is 1. The topological polar surface area (TPSA) is 20.3 Å². The molecule has 0 aromatic rings. The highest BCUT2D eigenvalue weighted by Gasteiger charge is 2.28. The zero-order valence-electron chi connectivity index (χ0n) is 6.59. The molecule has 1 amide bonds. The summed E-state index contributed by atoms with van der Waals surface area (Å²) >= 11 is 0. The van der Waals surface area contributed by atoms with Crippen LogP contribution in [0.1, 0.15) is 13.3 Å². The second-order valence-corrected chi connectivity index (χ2v) is 2.65. The summed E-state index contributed by atoms with van der Waals surface area (Å²) in [6.07, 6.45) is 3.34. The molecule has 1 aliphatic heterocycles. The first-order chi connectivity index (χ1) is 5.24. The minimum atomic E-state index is -0.797. The van der Waals surface area contributed by atoms with Gasteiger partial charge < -0.3 is 4.90 Å². The van der Waals surface area contributed by atoms with Crippen molar-refractivity contribution in [2.24, 2.45) is 0 Å². The van der Waals surface area contributed by atoms with Crippen LogP contribution in [0.4, 0.5) is 4.39 Å². The van der Waals surface area contributed by atoms with Gasteiger partial charge >= 0.3 is 0 Å². The summed E-state index contributed by atoms with van der Waals surface area (Å²) in [6, 6.07) is 0. The predicted molar refractivity (Wildman–Crippen MR) is 40.9 cm³/mol. The van der Waals surface area contributed by atoms with Crippen molar-refractivity contribution in [3.8, 4) is 0 Å². The molecule has 0 spiro atoms. The molecule has 1 fully saturated rings. The molecule has 0 atom stereocenters. The van der Waals surface area contributed by atoms with Crippen LogP contribution >= 0.6 is 0 Å². The number of rotatable bonds is 2. The van der Waals surface area contributed by atoms with Crippen LogP contribution in [0.5, 0.6) is 0 Å². The Balaban J connectivity index is 2.26. The molecule has 0 aromatic carbocycles. The minimum absolute atomic E-state index is 0.0687. The third kappa shape index (κ3) is 2.03. The fraction of sp³-hybridized carbons (Fsp3) is 0.625. The van der Waals surface area contributed by atoms with Crippen LogP contribution in [0, 0.1) is 0 Å². The van der Waals surface area contributed by atoms with Crippen molar-refractivity contribution >= 4 is 5.91 Å². The molecule has 1 aliphatic rings. The molecular formula is C8H12FNO. The van der Waals surface area contributed by atoms with E-state index in [9.17, 15) is 9.18 Å². The molecule has 0 saturated carbocycles. The van der Waals surface area contributed by atoms with Crippen LogP contribution < -0.4 is 0 Å². The normalized spacial score (nSPS) is 18.9. The molecule has 0 radical (unpaired) electrons. The molecule has 0 bridgehead atoms. The third-order valence-electron chi connectivity index (χ3n) is 1.64. The zero-order valence-corrected chi connectivity index (χ0v) is 6.59. The maximum atomic E-state index is 12.2. The summed E-state index contributed by atoms with van der Waals surface area (Å²) < 4.78 is 12.2. The molecule has 62 valence electrons. The van der Waals surface area contributed by atoms with Gasteiger partial charge in [0, 0.05) is 0 Å². The second kappa shape index (κ2) is 3.51. The molecule has 1 heterocycles. The Hall–Kier alpha value is -0.860. The van der Waals surface area contributed by atoms with E-state index in [1.807, 2.05) is 6.92 Å². The molecular weight excluding hydrogens is 145 g/mol. The van der Waals surface area contributed by atoms with E-state index in [4.69, 9.17) is 0 Å². The molecule has 0 N–H and O–H groups in total. The van der Waals surface area contributed by atoms with Gasteiger partial charge in [-0.05, 0) is 12.5 Å². The van der Waals surface area contributed by atoms with Gasteiger partial charge in [-0.3, -0.25) is 4.79 Å². The van der Waals surface area contributed by atoms with Crippen molar-refractivity contribution < 1.29 is 9.18 Å². The van der Waals surface area contributed by atoms with Crippen molar-refractivity contribution in [2.45, 2.75) is 19.5 Å². The summed E-state index contributed by atoms with van der Waals surface area (Å²) in [5, 5.41) is 0. The van der Waals surface area contributed by atoms with E-state index in [1.165, 1.54) is 11.0 Å². The molecule has 0 aromatic heterocycles. The Bertz CT molecular complexity index is 173. The first-order valence-corrected chi connectivity index (χ1v) is 3.83. The van der Waals surface area contributed by atoms with E-state index in [0.29, 0.717) is 0 Å². The Labute approximate surface area is 65.7 Å². The van der Waals surface area contributed by atoms with Gasteiger partial charge in [-0.15, -0.1) is 0 Å². The lowest BCUT2D eigenvalue weighted by Gasteiger charge is -2.33. The standard InChI is InChI=1S/C8H12FNO/c1-2-3-4-8(11)10-5-7(9)6-10/h3-4,7H,2,5-6H2,1H3/b4-3-. The van der Waals surface area contributed by atoms with Crippen LogP contribution in [-0.4, -0.2) is 30.1 Å². The molecule has 11 heavy (non-hydrogen) atoms. The SMILES string of the molecule is CC/C=C\C(=O)N1CC(F)C1. The van der Waals surface area contributed by atoms with Crippen LogP contribution in [0.15, 0.2) is 12.2 Å². The summed E-state index contributed by atoms with van der Waals surface area (Å²) in [4.78, 5) is 12.5. The van der Waals surface area contributed by atoms with Gasteiger partial charge in [-0.1, -0.05) is 13.0 Å². The largest absolute Gasteiger partial charge is 0.333 e. The van der Waals surface area contributed by atoms with E-state index in [1.54, 1.807) is 6.08 Å². The summed E-state index contributed by atoms with van der Waals surface area (Å²) in [5.74, 6) is -0.0687. The lowest BCUT2D eigenvalue weighted by Crippen LogP contribution is -2.50. The number of amides is 1. The summed E-state index contributed by atoms with van der Waals surface area (Å²) in [5.41, 5.74) is 0. The maximum absolute atomic E-state index is 12.2. The molecule has 3 heteroatoms. The van der Waals surface area contributed by atoms with Gasteiger partial charge in [-0.2, -0.15) is 0 Å². The lowest BCUT2D eigenvalue weighted by molar-refractivity contribution is -0.132. The van der Waals surface area contributed by atoms with E-state index >= 15 is 0 Å². The molecule has 0 unspecified atom stereocenters. The number of hydrogen-bond acceptors (Lipinski definition) is 1. The number of hydrogen-bond donors (Lipinski definition) is 0. The zero-order chi connectivity index (χ0) is 8.27. The number of halogens is 1. The van der Waals surface area contributed by atoms with E-state index < -0.39 is 6.17 Å². The van der Waals surface area contributed by atoms with Gasteiger partial charge in [0.25, 0.3) is 0 Å². The number of alkyl halides is 1. The minimum Gasteiger partial charge on any atom is -0.333 e. The highest BCUT2D eigenvalue weighted by molar-refractivity contribution is 5.88. The fourth-order valence-corrected chi connectivity index (χ4v) is 0.929. The molecule has 0 aliphatic carbocycles. The first-order valence-electron chi connectivity index (χ1n) is 3.83. The predicted octanol–water partition coefficient (Wildman–Crippen LogP) is 1.13. The van der Waals surface area contributed by atoms with E-state index in [-0.39, 0.29) is 19.0 Å². The smallest absolute Gasteiger partial charge is 0.246 e. The van der Waals surface area contributed by atoms with Crippen molar-refractivity contribution in [2.75, 3.05) is 13.1 Å². The fourth-order valence-electron chi connectivity index (χ4n) is 0.929. The Kier molecular flexibility index (Phi) is 2.63. The number of allylic oxidation sites excluding steroid dienone is 1. The van der Waals surface area contributed by atoms with Crippen LogP contribution in [0.3, 0.4) is 0 Å². The Morgan fingerprint density at radius 2 is 2.36 bits per heavy atom. The average Bonchev–Trinajstić information content (AvgIpc) is 1.94. The summed E-state index contributed by atoms with van der Waals surface area (Å²) in [6.45, 7) is 2.50. The maximum Gasteiger partial charge on any atom is 0.246 e. The van der Waals surface area contributed by atoms with E-state index in [0.717, 1.165) is 6.42 Å². The van der Waals surface area contributed by atoms with Gasteiger partial charge in [0.1, 0.15) is 6.17 Å². The van der Waals surface area contributed by atoms with Crippen LogP contribution in [-0.2, 0) is 4.79 Å². The van der Waals surface area contributed by atoms with Gasteiger partial charge in [0.05, 0.1) is 13.1 Å². The molecule has 1 saturated heterocycles. The van der Waals surface area contributed by atoms with Gasteiger partial charge in [-0.25, -0.2) is 4.39 Å². The quantitative estimate of drug-likeness (QED) is 0.550. The van der Waals surface area contributed by atoms with Gasteiger partial charge in [0.2, 0.25) is 5.91 Å². The highest BCUT2D eigenvalue weighted by atomic mass is 19.1. The molecule has 1 rings (SSSR count). The Morgan fingerprint density at radius 1 is 1.73 bits per heavy atom. The van der Waals surface area contributed by atoms with Crippen molar-refractivity contribution in [3.05, 3.63) is 12.2 Å². The van der Waals surface area contributed by atoms with Crippen molar-refractivity contribution in [1.82, 2.24) is 4.90 Å². The van der Waals surface area contributed by atoms with Crippen molar-refractivity contribution in [3.63, 3.8) is 0 Å². The van der Waals surface area contributed by atoms with Crippen molar-refractivity contribution in [1.29, 1.82) is 0 Å². The highest BCUT2D eigenvalue weighted by Crippen LogP contribution is 2.11. The van der Waals surface area contributed by atoms with E-state index in [2.05, 4.69) is 0 Å². The molecule has 2 nitrogen and oxygen atoms in total. The number of likely N-dealkylation sites (tertiary alicyclic amines) is 1. The monoisotopic (exact) mass is 157 g/mol. The second-order valence-electron chi connectivity index (χ2n) is 2.65. The van der Waals surface area contributed by atoms with Crippen LogP contribution in [0.25, 0.3) is 0 Å². The summed E-state index contributed by atoms with van der Waals surface area (Å²) in [7, 11) is 0.